The van der Waals surface area contributed by atoms with Gasteiger partial charge in [-0.15, -0.1) is 0 Å². The summed E-state index contributed by atoms with van der Waals surface area (Å²) in [7, 11) is 0. The molecule has 0 heterocycles. The van der Waals surface area contributed by atoms with Gasteiger partial charge in [0.05, 0.1) is 5.56 Å². The van der Waals surface area contributed by atoms with Crippen LogP contribution in [0.15, 0.2) is 24.3 Å². The Kier molecular flexibility index (Phi) is 4.97. The van der Waals surface area contributed by atoms with Crippen LogP contribution < -0.4 is 5.32 Å². The summed E-state index contributed by atoms with van der Waals surface area (Å²) in [5, 5.41) is 3.52. The van der Waals surface area contributed by atoms with Gasteiger partial charge in [0.2, 0.25) is 0 Å². The van der Waals surface area contributed by atoms with Gasteiger partial charge in [-0.2, -0.15) is 13.2 Å². The molecule has 4 unspecified atom stereocenters. The summed E-state index contributed by atoms with van der Waals surface area (Å²) in [5.74, 6) is 1.32. The summed E-state index contributed by atoms with van der Waals surface area (Å²) >= 11 is 0. The van der Waals surface area contributed by atoms with Crippen molar-refractivity contribution in [3.63, 3.8) is 0 Å². The van der Waals surface area contributed by atoms with E-state index in [1.807, 2.05) is 6.92 Å². The van der Waals surface area contributed by atoms with Crippen molar-refractivity contribution in [1.29, 1.82) is 0 Å². The predicted molar refractivity (Wildman–Crippen MR) is 79.0 cm³/mol. The second kappa shape index (κ2) is 6.39. The normalized spacial score (nSPS) is 27.8. The number of rotatable bonds is 4. The average Bonchev–Trinajstić information content (AvgIpc) is 2.79. The molecule has 1 N–H and O–H groups in total. The fraction of sp³-hybridized carbons (Fsp3) is 0.647. The van der Waals surface area contributed by atoms with Crippen LogP contribution in [0.1, 0.15) is 57.2 Å². The first-order valence-electron chi connectivity index (χ1n) is 7.76. The van der Waals surface area contributed by atoms with Crippen LogP contribution in [0.4, 0.5) is 13.2 Å². The van der Waals surface area contributed by atoms with Gasteiger partial charge >= 0.3 is 6.18 Å². The Hall–Kier alpha value is -1.03. The number of hydrogen-bond donors (Lipinski definition) is 1. The molecule has 1 aliphatic carbocycles. The van der Waals surface area contributed by atoms with E-state index in [1.165, 1.54) is 25.0 Å². The molecule has 0 aromatic heterocycles. The van der Waals surface area contributed by atoms with Crippen molar-refractivity contribution in [3.8, 4) is 0 Å². The highest BCUT2D eigenvalue weighted by atomic mass is 19.4. The lowest BCUT2D eigenvalue weighted by Crippen LogP contribution is -2.34. The molecule has 0 saturated heterocycles. The molecule has 21 heavy (non-hydrogen) atoms. The molecule has 0 aliphatic heterocycles. The topological polar surface area (TPSA) is 12.0 Å². The summed E-state index contributed by atoms with van der Waals surface area (Å²) in [6.07, 6.45) is -0.769. The van der Waals surface area contributed by atoms with Crippen LogP contribution in [0.5, 0.6) is 0 Å². The smallest absolute Gasteiger partial charge is 0.307 e. The van der Waals surface area contributed by atoms with Gasteiger partial charge in [-0.25, -0.2) is 0 Å². The fourth-order valence-electron chi connectivity index (χ4n) is 3.46. The summed E-state index contributed by atoms with van der Waals surface area (Å²) in [5.41, 5.74) is 0.136. The Labute approximate surface area is 124 Å². The molecule has 1 aromatic carbocycles. The van der Waals surface area contributed by atoms with E-state index < -0.39 is 11.7 Å². The fourth-order valence-corrected chi connectivity index (χ4v) is 3.46. The highest BCUT2D eigenvalue weighted by molar-refractivity contribution is 5.27. The van der Waals surface area contributed by atoms with E-state index >= 15 is 0 Å². The van der Waals surface area contributed by atoms with E-state index in [2.05, 4.69) is 19.2 Å². The van der Waals surface area contributed by atoms with Crippen molar-refractivity contribution in [2.75, 3.05) is 0 Å². The quantitative estimate of drug-likeness (QED) is 0.807. The third kappa shape index (κ3) is 3.79. The molecule has 2 rings (SSSR count). The highest BCUT2D eigenvalue weighted by Crippen LogP contribution is 2.35. The van der Waals surface area contributed by atoms with Crippen molar-refractivity contribution < 1.29 is 13.2 Å². The van der Waals surface area contributed by atoms with Gasteiger partial charge in [0.25, 0.3) is 0 Å². The zero-order valence-corrected chi connectivity index (χ0v) is 12.9. The van der Waals surface area contributed by atoms with E-state index in [9.17, 15) is 13.2 Å². The van der Waals surface area contributed by atoms with Gasteiger partial charge in [0, 0.05) is 12.1 Å². The van der Waals surface area contributed by atoms with Crippen molar-refractivity contribution >= 4 is 0 Å². The Bertz CT molecular complexity index is 469. The van der Waals surface area contributed by atoms with Gasteiger partial charge < -0.3 is 5.32 Å². The van der Waals surface area contributed by atoms with Crippen molar-refractivity contribution in [3.05, 3.63) is 35.4 Å². The Morgan fingerprint density at radius 2 is 2.00 bits per heavy atom. The summed E-state index contributed by atoms with van der Waals surface area (Å²) in [4.78, 5) is 0. The number of benzene rings is 1. The summed E-state index contributed by atoms with van der Waals surface area (Å²) < 4.78 is 38.3. The molecule has 0 radical (unpaired) electrons. The number of hydrogen-bond acceptors (Lipinski definition) is 1. The van der Waals surface area contributed by atoms with Gasteiger partial charge in [-0.1, -0.05) is 32.4 Å². The first-order chi connectivity index (χ1) is 9.82. The summed E-state index contributed by atoms with van der Waals surface area (Å²) in [6.45, 7) is 6.40. The number of halogens is 3. The molecule has 1 fully saturated rings. The van der Waals surface area contributed by atoms with Crippen LogP contribution in [-0.4, -0.2) is 6.04 Å². The minimum Gasteiger partial charge on any atom is -0.307 e. The Morgan fingerprint density at radius 3 is 2.57 bits per heavy atom. The highest BCUT2D eigenvalue weighted by Gasteiger charge is 2.33. The Balaban J connectivity index is 2.06. The average molecular weight is 299 g/mol. The lowest BCUT2D eigenvalue weighted by Gasteiger charge is -2.25. The maximum atomic E-state index is 12.8. The lowest BCUT2D eigenvalue weighted by molar-refractivity contribution is -0.137. The van der Waals surface area contributed by atoms with Crippen LogP contribution in [0.3, 0.4) is 0 Å². The monoisotopic (exact) mass is 299 g/mol. The molecule has 0 bridgehead atoms. The minimum atomic E-state index is -4.27. The third-order valence-electron chi connectivity index (χ3n) is 4.93. The third-order valence-corrected chi connectivity index (χ3v) is 4.93. The molecular formula is C17H24F3N. The SMILES string of the molecule is CCC1CCC(NC(C)c2cccc(C(F)(F)F)c2)C1C. The van der Waals surface area contributed by atoms with Crippen LogP contribution in [0, 0.1) is 11.8 Å². The van der Waals surface area contributed by atoms with Crippen molar-refractivity contribution in [2.45, 2.75) is 58.3 Å². The molecule has 4 heteroatoms. The Morgan fingerprint density at radius 1 is 1.29 bits per heavy atom. The van der Waals surface area contributed by atoms with E-state index in [4.69, 9.17) is 0 Å². The van der Waals surface area contributed by atoms with Gasteiger partial charge in [0.1, 0.15) is 0 Å². The molecule has 0 amide bonds. The van der Waals surface area contributed by atoms with Gasteiger partial charge in [-0.05, 0) is 49.3 Å². The molecule has 1 saturated carbocycles. The van der Waals surface area contributed by atoms with Crippen molar-refractivity contribution in [1.82, 2.24) is 5.32 Å². The molecule has 0 spiro atoms. The minimum absolute atomic E-state index is 0.0599. The molecule has 1 aliphatic rings. The lowest BCUT2D eigenvalue weighted by atomic mass is 9.93. The maximum Gasteiger partial charge on any atom is 0.416 e. The van der Waals surface area contributed by atoms with Gasteiger partial charge in [-0.3, -0.25) is 0 Å². The van der Waals surface area contributed by atoms with Crippen LogP contribution in [0.2, 0.25) is 0 Å². The van der Waals surface area contributed by atoms with E-state index in [0.717, 1.165) is 18.4 Å². The second-order valence-corrected chi connectivity index (χ2v) is 6.22. The van der Waals surface area contributed by atoms with E-state index in [1.54, 1.807) is 6.07 Å². The van der Waals surface area contributed by atoms with Crippen LogP contribution in [-0.2, 0) is 6.18 Å². The zero-order chi connectivity index (χ0) is 15.6. The van der Waals surface area contributed by atoms with Crippen LogP contribution in [0.25, 0.3) is 0 Å². The summed E-state index contributed by atoms with van der Waals surface area (Å²) in [6, 6.07) is 5.98. The largest absolute Gasteiger partial charge is 0.416 e. The molecule has 1 nitrogen and oxygen atoms in total. The van der Waals surface area contributed by atoms with E-state index in [-0.39, 0.29) is 6.04 Å². The van der Waals surface area contributed by atoms with Crippen molar-refractivity contribution in [2.24, 2.45) is 11.8 Å². The molecule has 118 valence electrons. The standard InChI is InChI=1S/C17H24F3N/c1-4-13-8-9-16(11(13)2)21-12(3)14-6-5-7-15(10-14)17(18,19)20/h5-7,10-13,16,21H,4,8-9H2,1-3H3. The first kappa shape index (κ1) is 16.3. The second-order valence-electron chi connectivity index (χ2n) is 6.22. The van der Waals surface area contributed by atoms with Crippen LogP contribution >= 0.6 is 0 Å². The maximum absolute atomic E-state index is 12.8. The number of nitrogens with one attached hydrogen (secondary N) is 1. The van der Waals surface area contributed by atoms with E-state index in [0.29, 0.717) is 17.5 Å². The predicted octanol–water partition coefficient (Wildman–Crippen LogP) is 5.18. The molecular weight excluding hydrogens is 275 g/mol. The molecule has 4 atom stereocenters. The zero-order valence-electron chi connectivity index (χ0n) is 12.9. The first-order valence-corrected chi connectivity index (χ1v) is 7.76. The number of alkyl halides is 3. The molecule has 1 aromatic rings. The van der Waals surface area contributed by atoms with Gasteiger partial charge in [0.15, 0.2) is 0 Å².